The van der Waals surface area contributed by atoms with Gasteiger partial charge in [0.25, 0.3) is 0 Å². The maximum Gasteiger partial charge on any atom is 0.338 e. The number of allylic oxidation sites excluding steroid dienone is 1. The first kappa shape index (κ1) is 15.5. The third-order valence-electron chi connectivity index (χ3n) is 3.02. The Hall–Kier alpha value is -1.85. The molecule has 2 rings (SSSR count). The molecule has 0 amide bonds. The van der Waals surface area contributed by atoms with E-state index in [0.717, 1.165) is 5.56 Å². The first-order valence-electron chi connectivity index (χ1n) is 6.34. The Balaban J connectivity index is 2.37. The van der Waals surface area contributed by atoms with Gasteiger partial charge in [-0.25, -0.2) is 4.79 Å². The highest BCUT2D eigenvalue weighted by molar-refractivity contribution is 7.80. The van der Waals surface area contributed by atoms with Gasteiger partial charge in [0.1, 0.15) is 6.61 Å². The lowest BCUT2D eigenvalue weighted by atomic mass is 9.96. The molecular formula is C15H15ClN2O2S. The van der Waals surface area contributed by atoms with Crippen LogP contribution in [-0.4, -0.2) is 17.7 Å². The molecule has 21 heavy (non-hydrogen) atoms. The summed E-state index contributed by atoms with van der Waals surface area (Å²) in [5.74, 6) is -0.408. The number of thiocarbonyl (C=S) groups is 1. The second-order valence-electron chi connectivity index (χ2n) is 4.51. The summed E-state index contributed by atoms with van der Waals surface area (Å²) in [5.41, 5.74) is 2.05. The van der Waals surface area contributed by atoms with Crippen LogP contribution in [0.25, 0.3) is 0 Å². The van der Waals surface area contributed by atoms with Crippen LogP contribution in [0.4, 0.5) is 0 Å². The fourth-order valence-corrected chi connectivity index (χ4v) is 2.48. The Labute approximate surface area is 133 Å². The highest BCUT2D eigenvalue weighted by atomic mass is 35.5. The van der Waals surface area contributed by atoms with E-state index >= 15 is 0 Å². The van der Waals surface area contributed by atoms with E-state index in [1.165, 1.54) is 6.08 Å². The van der Waals surface area contributed by atoms with Crippen molar-refractivity contribution in [2.75, 3.05) is 6.61 Å². The van der Waals surface area contributed by atoms with E-state index in [4.69, 9.17) is 28.6 Å². The Morgan fingerprint density at radius 2 is 2.14 bits per heavy atom. The number of ether oxygens (including phenoxy) is 1. The molecule has 4 nitrogen and oxygen atoms in total. The highest BCUT2D eigenvalue weighted by Crippen LogP contribution is 2.28. The maximum atomic E-state index is 12.2. The van der Waals surface area contributed by atoms with Gasteiger partial charge in [-0.1, -0.05) is 36.4 Å². The van der Waals surface area contributed by atoms with Crippen LogP contribution in [0.1, 0.15) is 18.5 Å². The number of carbonyl (C=O) groups excluding carboxylic acids is 1. The highest BCUT2D eigenvalue weighted by Gasteiger charge is 2.30. The number of esters is 1. The van der Waals surface area contributed by atoms with Crippen molar-refractivity contribution in [1.82, 2.24) is 10.6 Å². The zero-order valence-electron chi connectivity index (χ0n) is 11.5. The zero-order chi connectivity index (χ0) is 15.4. The van der Waals surface area contributed by atoms with Crippen LogP contribution >= 0.6 is 23.8 Å². The van der Waals surface area contributed by atoms with E-state index in [9.17, 15) is 4.79 Å². The molecule has 0 saturated carbocycles. The zero-order valence-corrected chi connectivity index (χ0v) is 13.1. The molecule has 6 heteroatoms. The Kier molecular flexibility index (Phi) is 4.98. The number of hydrogen-bond donors (Lipinski definition) is 2. The first-order chi connectivity index (χ1) is 10.0. The number of carbonyl (C=O) groups is 1. The lowest BCUT2D eigenvalue weighted by Crippen LogP contribution is -2.45. The molecule has 0 saturated heterocycles. The van der Waals surface area contributed by atoms with Gasteiger partial charge in [0.15, 0.2) is 5.11 Å². The van der Waals surface area contributed by atoms with Crippen LogP contribution in [0.15, 0.2) is 48.2 Å². The van der Waals surface area contributed by atoms with E-state index in [-0.39, 0.29) is 12.6 Å². The van der Waals surface area contributed by atoms with Gasteiger partial charge in [-0.2, -0.15) is 0 Å². The van der Waals surface area contributed by atoms with Crippen molar-refractivity contribution in [2.24, 2.45) is 0 Å². The minimum absolute atomic E-state index is 0.160. The number of rotatable bonds is 4. The topological polar surface area (TPSA) is 50.4 Å². The third kappa shape index (κ3) is 3.62. The normalized spacial score (nSPS) is 17.8. The summed E-state index contributed by atoms with van der Waals surface area (Å²) in [6.45, 7) is 5.49. The molecule has 0 radical (unpaired) electrons. The maximum absolute atomic E-state index is 12.2. The molecule has 1 aliphatic rings. The van der Waals surface area contributed by atoms with Crippen LogP contribution in [0.3, 0.4) is 0 Å². The standard InChI is InChI=1S/C15H15ClN2O2S/c1-3-8-20-14(19)12-9(2)17-15(21)18-13(12)10-4-6-11(16)7-5-10/h3-7,13H,1,8H2,2H3,(H2,17,18,21)/t13-/m0/s1. The molecule has 0 aromatic heterocycles. The van der Waals surface area contributed by atoms with Gasteiger partial charge in [-0.05, 0) is 36.8 Å². The molecule has 1 heterocycles. The van der Waals surface area contributed by atoms with Crippen LogP contribution in [-0.2, 0) is 9.53 Å². The minimum atomic E-state index is -0.408. The van der Waals surface area contributed by atoms with Gasteiger partial charge < -0.3 is 15.4 Å². The molecule has 0 fully saturated rings. The van der Waals surface area contributed by atoms with E-state index in [0.29, 0.717) is 21.4 Å². The first-order valence-corrected chi connectivity index (χ1v) is 7.13. The van der Waals surface area contributed by atoms with Crippen LogP contribution in [0, 0.1) is 0 Å². The predicted molar refractivity (Wildman–Crippen MR) is 86.9 cm³/mol. The molecule has 0 spiro atoms. The van der Waals surface area contributed by atoms with Crippen molar-refractivity contribution in [3.05, 3.63) is 58.8 Å². The summed E-state index contributed by atoms with van der Waals surface area (Å²) in [5, 5.41) is 7.12. The van der Waals surface area contributed by atoms with E-state index < -0.39 is 5.97 Å². The summed E-state index contributed by atoms with van der Waals surface area (Å²) >= 11 is 11.1. The quantitative estimate of drug-likeness (QED) is 0.507. The summed E-state index contributed by atoms with van der Waals surface area (Å²) in [7, 11) is 0. The Morgan fingerprint density at radius 3 is 2.76 bits per heavy atom. The molecule has 2 N–H and O–H groups in total. The monoisotopic (exact) mass is 322 g/mol. The summed E-state index contributed by atoms with van der Waals surface area (Å²) in [6.07, 6.45) is 1.53. The van der Waals surface area contributed by atoms with Crippen molar-refractivity contribution < 1.29 is 9.53 Å². The SMILES string of the molecule is C=CCOC(=O)C1=C(C)NC(=S)N[C@H]1c1ccc(Cl)cc1. The van der Waals surface area contributed by atoms with Crippen molar-refractivity contribution >= 4 is 34.9 Å². The van der Waals surface area contributed by atoms with Gasteiger partial charge in [-0.3, -0.25) is 0 Å². The number of nitrogens with one attached hydrogen (secondary N) is 2. The lowest BCUT2D eigenvalue weighted by molar-refractivity contribution is -0.138. The Bertz CT molecular complexity index is 611. The van der Waals surface area contributed by atoms with Crippen molar-refractivity contribution in [3.8, 4) is 0 Å². The fourth-order valence-electron chi connectivity index (χ4n) is 2.08. The van der Waals surface area contributed by atoms with Crippen LogP contribution in [0.2, 0.25) is 5.02 Å². The molecule has 1 aromatic rings. The smallest absolute Gasteiger partial charge is 0.338 e. The average Bonchev–Trinajstić information content (AvgIpc) is 2.44. The fraction of sp³-hybridized carbons (Fsp3) is 0.200. The number of benzene rings is 1. The summed E-state index contributed by atoms with van der Waals surface area (Å²) in [6, 6.07) is 6.87. The molecule has 0 bridgehead atoms. The molecule has 0 unspecified atom stereocenters. The van der Waals surface area contributed by atoms with Crippen LogP contribution < -0.4 is 10.6 Å². The second kappa shape index (κ2) is 6.74. The Morgan fingerprint density at radius 1 is 1.48 bits per heavy atom. The predicted octanol–water partition coefficient (Wildman–Crippen LogP) is 2.86. The van der Waals surface area contributed by atoms with Gasteiger partial charge in [0, 0.05) is 10.7 Å². The van der Waals surface area contributed by atoms with E-state index in [1.54, 1.807) is 19.1 Å². The molecule has 0 aliphatic carbocycles. The molecule has 1 aromatic carbocycles. The largest absolute Gasteiger partial charge is 0.458 e. The second-order valence-corrected chi connectivity index (χ2v) is 5.35. The summed E-state index contributed by atoms with van der Waals surface area (Å²) < 4.78 is 5.15. The van der Waals surface area contributed by atoms with Crippen LogP contribution in [0.5, 0.6) is 0 Å². The van der Waals surface area contributed by atoms with Gasteiger partial charge in [0.05, 0.1) is 11.6 Å². The number of halogens is 1. The lowest BCUT2D eigenvalue weighted by Gasteiger charge is -2.29. The molecule has 110 valence electrons. The average molecular weight is 323 g/mol. The van der Waals surface area contributed by atoms with Gasteiger partial charge >= 0.3 is 5.97 Å². The van der Waals surface area contributed by atoms with E-state index in [2.05, 4.69) is 17.2 Å². The van der Waals surface area contributed by atoms with Crippen molar-refractivity contribution in [3.63, 3.8) is 0 Å². The molecule has 1 atom stereocenters. The molecular weight excluding hydrogens is 308 g/mol. The van der Waals surface area contributed by atoms with Gasteiger partial charge in [0.2, 0.25) is 0 Å². The molecule has 1 aliphatic heterocycles. The number of hydrogen-bond acceptors (Lipinski definition) is 3. The van der Waals surface area contributed by atoms with Gasteiger partial charge in [-0.15, -0.1) is 0 Å². The third-order valence-corrected chi connectivity index (χ3v) is 3.50. The van der Waals surface area contributed by atoms with Crippen molar-refractivity contribution in [2.45, 2.75) is 13.0 Å². The van der Waals surface area contributed by atoms with Crippen molar-refractivity contribution in [1.29, 1.82) is 0 Å². The summed E-state index contributed by atoms with van der Waals surface area (Å²) in [4.78, 5) is 12.2. The minimum Gasteiger partial charge on any atom is -0.458 e. The van der Waals surface area contributed by atoms with E-state index in [1.807, 2.05) is 12.1 Å².